The lowest BCUT2D eigenvalue weighted by Crippen LogP contribution is -2.26. The van der Waals surface area contributed by atoms with Crippen LogP contribution in [-0.2, 0) is 4.79 Å². The van der Waals surface area contributed by atoms with Gasteiger partial charge < -0.3 is 9.84 Å². The summed E-state index contributed by atoms with van der Waals surface area (Å²) < 4.78 is 18.5. The maximum atomic E-state index is 13.3. The van der Waals surface area contributed by atoms with E-state index in [1.165, 1.54) is 12.1 Å². The smallest absolute Gasteiger partial charge is 0.344 e. The van der Waals surface area contributed by atoms with Gasteiger partial charge in [0.15, 0.2) is 6.10 Å². The number of unbranched alkanes of at least 4 members (excludes halogenated alkanes) is 1. The Morgan fingerprint density at radius 1 is 1.61 bits per heavy atom. The van der Waals surface area contributed by atoms with Crippen LogP contribution < -0.4 is 4.74 Å². The molecular formula is C13H14FNO3. The summed E-state index contributed by atoms with van der Waals surface area (Å²) in [5, 5.41) is 17.5. The number of benzene rings is 1. The van der Waals surface area contributed by atoms with Crippen molar-refractivity contribution in [3.05, 3.63) is 29.6 Å². The van der Waals surface area contributed by atoms with Gasteiger partial charge in [0.25, 0.3) is 0 Å². The average molecular weight is 251 g/mol. The van der Waals surface area contributed by atoms with Gasteiger partial charge in [0.2, 0.25) is 0 Å². The molecule has 1 aromatic rings. The lowest BCUT2D eigenvalue weighted by atomic mass is 10.1. The predicted molar refractivity (Wildman–Crippen MR) is 62.7 cm³/mol. The summed E-state index contributed by atoms with van der Waals surface area (Å²) in [6.07, 6.45) is 0.954. The van der Waals surface area contributed by atoms with Gasteiger partial charge in [0, 0.05) is 6.07 Å². The van der Waals surface area contributed by atoms with Crippen molar-refractivity contribution >= 4 is 5.97 Å². The molecule has 1 unspecified atom stereocenters. The van der Waals surface area contributed by atoms with Gasteiger partial charge in [-0.2, -0.15) is 5.26 Å². The van der Waals surface area contributed by atoms with E-state index in [0.29, 0.717) is 6.42 Å². The summed E-state index contributed by atoms with van der Waals surface area (Å²) >= 11 is 0. The van der Waals surface area contributed by atoms with E-state index >= 15 is 0 Å². The Morgan fingerprint density at radius 2 is 2.33 bits per heavy atom. The first-order valence-corrected chi connectivity index (χ1v) is 5.67. The van der Waals surface area contributed by atoms with Crippen molar-refractivity contribution < 1.29 is 19.0 Å². The van der Waals surface area contributed by atoms with Crippen LogP contribution >= 0.6 is 0 Å². The Kier molecular flexibility index (Phi) is 5.12. The number of hydrogen-bond acceptors (Lipinski definition) is 3. The summed E-state index contributed by atoms with van der Waals surface area (Å²) in [7, 11) is 0. The second-order valence-corrected chi connectivity index (χ2v) is 3.84. The molecule has 1 N–H and O–H groups in total. The van der Waals surface area contributed by atoms with Crippen molar-refractivity contribution in [1.82, 2.24) is 0 Å². The Hall–Kier alpha value is -2.09. The highest BCUT2D eigenvalue weighted by atomic mass is 19.1. The van der Waals surface area contributed by atoms with E-state index in [1.807, 2.05) is 6.92 Å². The molecule has 0 saturated carbocycles. The first-order chi connectivity index (χ1) is 8.58. The Balaban J connectivity index is 2.78. The molecule has 4 nitrogen and oxygen atoms in total. The molecule has 96 valence electrons. The molecule has 1 aromatic carbocycles. The normalized spacial score (nSPS) is 11.6. The first kappa shape index (κ1) is 14.0. The monoisotopic (exact) mass is 251 g/mol. The van der Waals surface area contributed by atoms with Crippen LogP contribution in [0.2, 0.25) is 0 Å². The van der Waals surface area contributed by atoms with E-state index in [0.717, 1.165) is 18.9 Å². The third-order valence-electron chi connectivity index (χ3n) is 2.43. The predicted octanol–water partition coefficient (Wildman–Crippen LogP) is 2.72. The number of aliphatic carboxylic acids is 1. The zero-order chi connectivity index (χ0) is 13.5. The topological polar surface area (TPSA) is 70.3 Å². The number of hydrogen-bond donors (Lipinski definition) is 1. The third kappa shape index (κ3) is 3.74. The molecule has 18 heavy (non-hydrogen) atoms. The fourth-order valence-corrected chi connectivity index (χ4v) is 1.45. The molecule has 0 radical (unpaired) electrons. The number of ether oxygens (including phenoxy) is 1. The number of halogens is 1. The van der Waals surface area contributed by atoms with Crippen molar-refractivity contribution in [3.63, 3.8) is 0 Å². The van der Waals surface area contributed by atoms with Crippen LogP contribution in [0.1, 0.15) is 31.7 Å². The van der Waals surface area contributed by atoms with Gasteiger partial charge in [-0.3, -0.25) is 0 Å². The van der Waals surface area contributed by atoms with E-state index in [1.54, 1.807) is 6.07 Å². The van der Waals surface area contributed by atoms with Gasteiger partial charge in [-0.25, -0.2) is 9.18 Å². The minimum Gasteiger partial charge on any atom is -0.479 e. The fourth-order valence-electron chi connectivity index (χ4n) is 1.45. The highest BCUT2D eigenvalue weighted by Gasteiger charge is 2.19. The standard InChI is InChI=1S/C13H14FNO3/c1-2-3-4-12(13(16)17)18-10-6-5-9(8-15)11(14)7-10/h5-7,12H,2-4H2,1H3,(H,16,17). The quantitative estimate of drug-likeness (QED) is 0.843. The lowest BCUT2D eigenvalue weighted by molar-refractivity contribution is -0.145. The van der Waals surface area contributed by atoms with Crippen molar-refractivity contribution in [2.45, 2.75) is 32.3 Å². The molecule has 5 heteroatoms. The molecule has 0 aliphatic rings. The van der Waals surface area contributed by atoms with E-state index < -0.39 is 17.9 Å². The van der Waals surface area contributed by atoms with Crippen LogP contribution in [0.25, 0.3) is 0 Å². The molecule has 0 fully saturated rings. The maximum Gasteiger partial charge on any atom is 0.344 e. The summed E-state index contributed by atoms with van der Waals surface area (Å²) in [6.45, 7) is 1.94. The molecule has 0 heterocycles. The van der Waals surface area contributed by atoms with Crippen LogP contribution in [0.5, 0.6) is 5.75 Å². The molecule has 0 aliphatic heterocycles. The van der Waals surface area contributed by atoms with Crippen LogP contribution in [-0.4, -0.2) is 17.2 Å². The van der Waals surface area contributed by atoms with Gasteiger partial charge in [0.1, 0.15) is 17.6 Å². The van der Waals surface area contributed by atoms with Crippen molar-refractivity contribution in [1.29, 1.82) is 5.26 Å². The molecule has 0 bridgehead atoms. The van der Waals surface area contributed by atoms with Crippen LogP contribution in [0.4, 0.5) is 4.39 Å². The maximum absolute atomic E-state index is 13.3. The molecule has 0 saturated heterocycles. The van der Waals surface area contributed by atoms with Gasteiger partial charge in [-0.1, -0.05) is 13.3 Å². The molecular weight excluding hydrogens is 237 g/mol. The van der Waals surface area contributed by atoms with E-state index in [9.17, 15) is 9.18 Å². The Labute approximate surface area is 105 Å². The third-order valence-corrected chi connectivity index (χ3v) is 2.43. The second kappa shape index (κ2) is 6.60. The highest BCUT2D eigenvalue weighted by Crippen LogP contribution is 2.19. The molecule has 0 amide bonds. The minimum atomic E-state index is -1.08. The van der Waals surface area contributed by atoms with Crippen molar-refractivity contribution in [3.8, 4) is 11.8 Å². The Morgan fingerprint density at radius 3 is 2.83 bits per heavy atom. The van der Waals surface area contributed by atoms with E-state index in [-0.39, 0.29) is 11.3 Å². The summed E-state index contributed by atoms with van der Waals surface area (Å²) in [5.41, 5.74) is -0.0946. The molecule has 1 rings (SSSR count). The number of nitriles is 1. The zero-order valence-electron chi connectivity index (χ0n) is 10.0. The number of carboxylic acid groups (broad SMARTS) is 1. The largest absolute Gasteiger partial charge is 0.479 e. The summed E-state index contributed by atoms with van der Waals surface area (Å²) in [5.74, 6) is -1.67. The van der Waals surface area contributed by atoms with Gasteiger partial charge in [-0.15, -0.1) is 0 Å². The van der Waals surface area contributed by atoms with Crippen LogP contribution in [0.3, 0.4) is 0 Å². The molecule has 0 spiro atoms. The average Bonchev–Trinajstić information content (AvgIpc) is 2.34. The first-order valence-electron chi connectivity index (χ1n) is 5.67. The minimum absolute atomic E-state index is 0.0946. The Bertz CT molecular complexity index is 468. The van der Waals surface area contributed by atoms with Crippen molar-refractivity contribution in [2.75, 3.05) is 0 Å². The van der Waals surface area contributed by atoms with E-state index in [2.05, 4.69) is 0 Å². The van der Waals surface area contributed by atoms with Gasteiger partial charge in [0.05, 0.1) is 5.56 Å². The number of carbonyl (C=O) groups is 1. The summed E-state index contributed by atoms with van der Waals surface area (Å²) in [6, 6.07) is 5.37. The van der Waals surface area contributed by atoms with Crippen molar-refractivity contribution in [2.24, 2.45) is 0 Å². The number of rotatable bonds is 6. The molecule has 0 aliphatic carbocycles. The number of carboxylic acids is 1. The second-order valence-electron chi connectivity index (χ2n) is 3.84. The SMILES string of the molecule is CCCCC(Oc1ccc(C#N)c(F)c1)C(=O)O. The van der Waals surface area contributed by atoms with Gasteiger partial charge >= 0.3 is 5.97 Å². The zero-order valence-corrected chi connectivity index (χ0v) is 10.0. The van der Waals surface area contributed by atoms with E-state index in [4.69, 9.17) is 15.1 Å². The molecule has 1 atom stereocenters. The number of nitrogens with zero attached hydrogens (tertiary/aromatic N) is 1. The fraction of sp³-hybridized carbons (Fsp3) is 0.385. The molecule has 0 aromatic heterocycles. The van der Waals surface area contributed by atoms with Crippen LogP contribution in [0, 0.1) is 17.1 Å². The van der Waals surface area contributed by atoms with Crippen LogP contribution in [0.15, 0.2) is 18.2 Å². The summed E-state index contributed by atoms with van der Waals surface area (Å²) in [4.78, 5) is 10.9. The van der Waals surface area contributed by atoms with Gasteiger partial charge in [-0.05, 0) is 25.0 Å². The highest BCUT2D eigenvalue weighted by molar-refractivity contribution is 5.72. The lowest BCUT2D eigenvalue weighted by Gasteiger charge is -2.14.